The van der Waals surface area contributed by atoms with E-state index in [1.165, 1.54) is 25.1 Å². The van der Waals surface area contributed by atoms with Gasteiger partial charge in [0, 0.05) is 18.5 Å². The molecule has 0 bridgehead atoms. The Kier molecular flexibility index (Phi) is 6.61. The second-order valence-electron chi connectivity index (χ2n) is 10.3. The van der Waals surface area contributed by atoms with Gasteiger partial charge in [-0.05, 0) is 57.0 Å². The maximum atomic E-state index is 13.7. The number of nitrogens with zero attached hydrogens (tertiary/aromatic N) is 1. The smallest absolute Gasteiger partial charge is 0.235 e. The zero-order chi connectivity index (χ0) is 26.7. The highest BCUT2D eigenvalue weighted by molar-refractivity contribution is 6.32. The lowest BCUT2D eigenvalue weighted by molar-refractivity contribution is -0.181. The zero-order valence-corrected chi connectivity index (χ0v) is 20.3. The van der Waals surface area contributed by atoms with Crippen LogP contribution in [-0.2, 0) is 32.1 Å². The maximum absolute atomic E-state index is 13.7. The fourth-order valence-electron chi connectivity index (χ4n) is 6.17. The summed E-state index contributed by atoms with van der Waals surface area (Å²) in [5.41, 5.74) is 3.63. The highest BCUT2D eigenvalue weighted by Gasteiger charge is 2.69. The Labute approximate surface area is 207 Å². The predicted molar refractivity (Wildman–Crippen MR) is 124 cm³/mol. The second kappa shape index (κ2) is 9.13. The summed E-state index contributed by atoms with van der Waals surface area (Å²) >= 11 is 0. The number of carbonyl (C=O) groups excluding carboxylic acids is 5. The van der Waals surface area contributed by atoms with E-state index in [-0.39, 0.29) is 30.7 Å². The van der Waals surface area contributed by atoms with Crippen molar-refractivity contribution in [1.29, 1.82) is 0 Å². The molecule has 3 unspecified atom stereocenters. The van der Waals surface area contributed by atoms with Gasteiger partial charge in [0.2, 0.25) is 5.91 Å². The van der Waals surface area contributed by atoms with Crippen molar-refractivity contribution in [2.24, 2.45) is 29.4 Å². The first-order valence-corrected chi connectivity index (χ1v) is 11.8. The number of carbonyl (C=O) groups is 5. The number of benzene rings is 1. The van der Waals surface area contributed by atoms with Crippen LogP contribution in [0.2, 0.25) is 0 Å². The maximum Gasteiger partial charge on any atom is 0.235 e. The number of aliphatic hydroxyl groups is 1. The van der Waals surface area contributed by atoms with E-state index < -0.39 is 77.1 Å². The minimum atomic E-state index is -2.75. The van der Waals surface area contributed by atoms with Crippen LogP contribution >= 0.6 is 0 Å². The molecule has 2 saturated carbocycles. The summed E-state index contributed by atoms with van der Waals surface area (Å²) in [4.78, 5) is 67.1. The molecule has 11 heteroatoms. The molecule has 4 rings (SSSR count). The molecule has 3 aliphatic rings. The number of fused-ring (bicyclic) bond motifs is 3. The average molecular weight is 504 g/mol. The zero-order valence-electron chi connectivity index (χ0n) is 20.3. The predicted octanol–water partition coefficient (Wildman–Crippen LogP) is -0.685. The number of aromatic hydroxyl groups is 1. The number of ketones is 4. The van der Waals surface area contributed by atoms with Gasteiger partial charge in [-0.1, -0.05) is 6.07 Å². The van der Waals surface area contributed by atoms with Crippen LogP contribution in [-0.4, -0.2) is 82.6 Å². The molecule has 0 saturated heterocycles. The van der Waals surface area contributed by atoms with Crippen molar-refractivity contribution in [3.8, 4) is 5.75 Å². The van der Waals surface area contributed by atoms with Gasteiger partial charge < -0.3 is 21.3 Å². The van der Waals surface area contributed by atoms with Crippen LogP contribution in [0.3, 0.4) is 0 Å². The van der Waals surface area contributed by atoms with E-state index >= 15 is 0 Å². The molecule has 0 heterocycles. The Hall–Kier alpha value is -3.02. The number of likely N-dealkylation sites (N-methyl/N-ethyl adjacent to an activating group) is 1. The normalized spacial score (nSPS) is 32.7. The third-order valence-electron chi connectivity index (χ3n) is 7.91. The summed E-state index contributed by atoms with van der Waals surface area (Å²) in [6, 6.07) is 1.34. The molecule has 10 nitrogen and oxygen atoms in total. The summed E-state index contributed by atoms with van der Waals surface area (Å²) in [6.07, 6.45) is 0.147. The summed E-state index contributed by atoms with van der Waals surface area (Å²) in [6.45, 7) is 1.28. The van der Waals surface area contributed by atoms with Gasteiger partial charge in [0.05, 0.1) is 17.5 Å². The van der Waals surface area contributed by atoms with Crippen molar-refractivity contribution in [2.45, 2.75) is 44.0 Å². The van der Waals surface area contributed by atoms with E-state index in [1.807, 2.05) is 0 Å². The first kappa shape index (κ1) is 26.1. The number of nitrogens with two attached hydrogens (primary N) is 1. The molecule has 0 aromatic heterocycles. The Morgan fingerprint density at radius 1 is 1.25 bits per heavy atom. The standard InChI is InChI=1S/C25H30FN3O7/c1-10(8-26)28-9-11-4-5-15(30)17-13(11)6-12-7-14-19(29(2)3)21(32)18(24(27)35)23(34)25(14,36)22(33)16(12)20(17)31/h4-5,10,12,14,16,18-19,28,30,36H,6-9H2,1-3H3,(H2,27,35)/t10?,12-,14-,16?,18?,19-,25-/m0/s1. The lowest BCUT2D eigenvalue weighted by atomic mass is 9.52. The Morgan fingerprint density at radius 3 is 2.50 bits per heavy atom. The highest BCUT2D eigenvalue weighted by atomic mass is 19.1. The van der Waals surface area contributed by atoms with Gasteiger partial charge in [0.1, 0.15) is 12.4 Å². The number of Topliss-reactive ketones (excluding diaryl/α,β-unsaturated/α-hetero) is 4. The van der Waals surface area contributed by atoms with Crippen LogP contribution in [0.15, 0.2) is 12.1 Å². The first-order chi connectivity index (χ1) is 16.9. The monoisotopic (exact) mass is 503 g/mol. The van der Waals surface area contributed by atoms with Crippen LogP contribution in [0, 0.1) is 23.7 Å². The molecule has 5 N–H and O–H groups in total. The van der Waals surface area contributed by atoms with Crippen molar-refractivity contribution >= 4 is 29.0 Å². The van der Waals surface area contributed by atoms with E-state index in [4.69, 9.17) is 5.73 Å². The number of nitrogens with one attached hydrogen (secondary N) is 1. The summed E-state index contributed by atoms with van der Waals surface area (Å²) in [5, 5.41) is 25.0. The number of primary amides is 1. The molecule has 3 aliphatic carbocycles. The first-order valence-electron chi connectivity index (χ1n) is 11.8. The topological polar surface area (TPSA) is 167 Å². The van der Waals surface area contributed by atoms with E-state index in [2.05, 4.69) is 5.32 Å². The molecule has 194 valence electrons. The number of alkyl halides is 1. The molecule has 0 spiro atoms. The SMILES string of the molecule is CC(CF)NCc1ccc(O)c2c1C[C@H]1C[C@H]3[C@H](N(C)C)C(=O)C(C(N)=O)C(=O)[C@@]3(O)C(=O)C1C2=O. The fourth-order valence-corrected chi connectivity index (χ4v) is 6.17. The number of phenols is 1. The lowest BCUT2D eigenvalue weighted by Crippen LogP contribution is -2.74. The van der Waals surface area contributed by atoms with Gasteiger partial charge in [-0.25, -0.2) is 4.39 Å². The number of amides is 1. The Bertz CT molecular complexity index is 1170. The lowest BCUT2D eigenvalue weighted by Gasteiger charge is -2.52. The molecule has 36 heavy (non-hydrogen) atoms. The number of hydrogen-bond acceptors (Lipinski definition) is 9. The van der Waals surface area contributed by atoms with Crippen molar-refractivity contribution in [2.75, 3.05) is 20.8 Å². The van der Waals surface area contributed by atoms with E-state index in [0.29, 0.717) is 11.1 Å². The fraction of sp³-hybridized carbons (Fsp3) is 0.560. The van der Waals surface area contributed by atoms with Crippen LogP contribution < -0.4 is 11.1 Å². The van der Waals surface area contributed by atoms with Crippen LogP contribution in [0.5, 0.6) is 5.75 Å². The van der Waals surface area contributed by atoms with Crippen molar-refractivity contribution in [3.63, 3.8) is 0 Å². The minimum Gasteiger partial charge on any atom is -0.507 e. The third-order valence-corrected chi connectivity index (χ3v) is 7.91. The molecule has 7 atom stereocenters. The minimum absolute atomic E-state index is 0.0205. The Balaban J connectivity index is 1.81. The van der Waals surface area contributed by atoms with E-state index in [9.17, 15) is 38.6 Å². The largest absolute Gasteiger partial charge is 0.507 e. The number of phenolic OH excluding ortho intramolecular Hbond substituents is 1. The van der Waals surface area contributed by atoms with Gasteiger partial charge in [-0.15, -0.1) is 0 Å². The average Bonchev–Trinajstić information content (AvgIpc) is 2.80. The highest BCUT2D eigenvalue weighted by Crippen LogP contribution is 2.50. The van der Waals surface area contributed by atoms with Crippen LogP contribution in [0.25, 0.3) is 0 Å². The van der Waals surface area contributed by atoms with Gasteiger partial charge in [0.25, 0.3) is 0 Å². The van der Waals surface area contributed by atoms with Crippen molar-refractivity contribution < 1.29 is 38.6 Å². The van der Waals surface area contributed by atoms with Gasteiger partial charge in [-0.3, -0.25) is 28.9 Å². The molecule has 2 fully saturated rings. The molecule has 0 aliphatic heterocycles. The van der Waals surface area contributed by atoms with E-state index in [0.717, 1.165) is 0 Å². The van der Waals surface area contributed by atoms with Crippen molar-refractivity contribution in [1.82, 2.24) is 10.2 Å². The van der Waals surface area contributed by atoms with Gasteiger partial charge >= 0.3 is 0 Å². The van der Waals surface area contributed by atoms with E-state index in [1.54, 1.807) is 13.0 Å². The van der Waals surface area contributed by atoms with Crippen LogP contribution in [0.4, 0.5) is 4.39 Å². The number of hydrogen-bond donors (Lipinski definition) is 4. The molecular formula is C25H30FN3O7. The summed E-state index contributed by atoms with van der Waals surface area (Å²) in [5.74, 6) is -10.8. The quantitative estimate of drug-likeness (QED) is 0.368. The van der Waals surface area contributed by atoms with Crippen LogP contribution in [0.1, 0.15) is 34.8 Å². The summed E-state index contributed by atoms with van der Waals surface area (Å²) < 4.78 is 12.9. The Morgan fingerprint density at radius 2 is 1.92 bits per heavy atom. The number of rotatable bonds is 6. The summed E-state index contributed by atoms with van der Waals surface area (Å²) in [7, 11) is 3.06. The molecule has 1 aromatic rings. The number of halogens is 1. The third kappa shape index (κ3) is 3.68. The second-order valence-corrected chi connectivity index (χ2v) is 10.3. The molecule has 0 radical (unpaired) electrons. The van der Waals surface area contributed by atoms with Gasteiger partial charge in [-0.2, -0.15) is 0 Å². The van der Waals surface area contributed by atoms with Crippen molar-refractivity contribution in [3.05, 3.63) is 28.8 Å². The van der Waals surface area contributed by atoms with Gasteiger partial charge in [0.15, 0.2) is 34.7 Å². The molecular weight excluding hydrogens is 473 g/mol. The molecule has 1 amide bonds. The molecule has 1 aromatic carbocycles.